The van der Waals surface area contributed by atoms with E-state index in [1.54, 1.807) is 24.3 Å². The zero-order chi connectivity index (χ0) is 12.8. The number of ether oxygens (including phenoxy) is 1. The Hall–Kier alpha value is -1.75. The van der Waals surface area contributed by atoms with Crippen LogP contribution in [0.4, 0.5) is 0 Å². The van der Waals surface area contributed by atoms with Crippen LogP contribution in [-0.2, 0) is 9.59 Å². The number of amides is 1. The Balaban J connectivity index is 2.38. The molecule has 1 aromatic carbocycles. The number of benzene rings is 1. The summed E-state index contributed by atoms with van der Waals surface area (Å²) in [6, 6.07) is 5.42. The van der Waals surface area contributed by atoms with E-state index in [0.717, 1.165) is 0 Å². The molecule has 6 heteroatoms. The maximum atomic E-state index is 11.2. The van der Waals surface area contributed by atoms with E-state index in [9.17, 15) is 14.7 Å². The predicted octanol–water partition coefficient (Wildman–Crippen LogP) is -0.0266. The maximum Gasteiger partial charge on any atom is 0.258 e. The Morgan fingerprint density at radius 1 is 1.41 bits per heavy atom. The van der Waals surface area contributed by atoms with Gasteiger partial charge in [0.1, 0.15) is 5.75 Å². The summed E-state index contributed by atoms with van der Waals surface area (Å²) < 4.78 is 5.12. The molecule has 1 rings (SSSR count). The second kappa shape index (κ2) is 6.10. The minimum absolute atomic E-state index is 0.265. The van der Waals surface area contributed by atoms with E-state index < -0.39 is 17.9 Å². The summed E-state index contributed by atoms with van der Waals surface area (Å²) in [5.41, 5.74) is 0. The molecular formula is C11H11ClNO4-. The fourth-order valence-electron chi connectivity index (χ4n) is 1.02. The van der Waals surface area contributed by atoms with Gasteiger partial charge in [0.2, 0.25) is 0 Å². The topological polar surface area (TPSA) is 78.5 Å². The fourth-order valence-corrected chi connectivity index (χ4v) is 1.15. The van der Waals surface area contributed by atoms with E-state index in [1.165, 1.54) is 6.92 Å². The van der Waals surface area contributed by atoms with Crippen molar-refractivity contribution >= 4 is 23.5 Å². The van der Waals surface area contributed by atoms with Gasteiger partial charge < -0.3 is 20.0 Å². The smallest absolute Gasteiger partial charge is 0.258 e. The molecule has 0 bridgehead atoms. The SMILES string of the molecule is C[C@@H](NC(=O)COc1ccc(Cl)cc1)C(=O)[O-]. The summed E-state index contributed by atoms with van der Waals surface area (Å²) in [5, 5.41) is 13.1. The number of aliphatic carboxylic acids is 1. The van der Waals surface area contributed by atoms with Crippen LogP contribution in [0.15, 0.2) is 24.3 Å². The molecule has 1 aromatic rings. The summed E-state index contributed by atoms with van der Waals surface area (Å²) >= 11 is 5.67. The Labute approximate surface area is 103 Å². The number of carboxylic acids is 1. The first-order valence-electron chi connectivity index (χ1n) is 4.87. The van der Waals surface area contributed by atoms with Crippen LogP contribution in [0.2, 0.25) is 5.02 Å². The molecule has 0 heterocycles. The number of carbonyl (C=O) groups is 2. The lowest BCUT2D eigenvalue weighted by Gasteiger charge is -2.14. The number of rotatable bonds is 5. The van der Waals surface area contributed by atoms with Crippen LogP contribution in [-0.4, -0.2) is 24.5 Å². The summed E-state index contributed by atoms with van der Waals surface area (Å²) in [5.74, 6) is -1.40. The maximum absolute atomic E-state index is 11.2. The first kappa shape index (κ1) is 13.3. The lowest BCUT2D eigenvalue weighted by atomic mass is 10.3. The highest BCUT2D eigenvalue weighted by Gasteiger charge is 2.08. The third-order valence-corrected chi connectivity index (χ3v) is 2.17. The van der Waals surface area contributed by atoms with E-state index in [-0.39, 0.29) is 6.61 Å². The second-order valence-corrected chi connectivity index (χ2v) is 3.79. The molecule has 1 atom stereocenters. The number of halogens is 1. The largest absolute Gasteiger partial charge is 0.548 e. The van der Waals surface area contributed by atoms with Crippen molar-refractivity contribution in [2.75, 3.05) is 6.61 Å². The van der Waals surface area contributed by atoms with Crippen LogP contribution in [0, 0.1) is 0 Å². The van der Waals surface area contributed by atoms with E-state index in [1.807, 2.05) is 0 Å². The van der Waals surface area contributed by atoms with Gasteiger partial charge in [0.05, 0.1) is 12.0 Å². The zero-order valence-corrected chi connectivity index (χ0v) is 9.86. The summed E-state index contributed by atoms with van der Waals surface area (Å²) in [4.78, 5) is 21.6. The molecular weight excluding hydrogens is 246 g/mol. The number of carboxylic acid groups (broad SMARTS) is 1. The number of hydrogen-bond donors (Lipinski definition) is 1. The van der Waals surface area contributed by atoms with Gasteiger partial charge in [-0.3, -0.25) is 4.79 Å². The molecule has 1 amide bonds. The zero-order valence-electron chi connectivity index (χ0n) is 9.10. The summed E-state index contributed by atoms with van der Waals surface area (Å²) in [7, 11) is 0. The molecule has 0 spiro atoms. The highest BCUT2D eigenvalue weighted by molar-refractivity contribution is 6.30. The Morgan fingerprint density at radius 2 is 2.00 bits per heavy atom. The quantitative estimate of drug-likeness (QED) is 0.803. The summed E-state index contributed by atoms with van der Waals surface area (Å²) in [6.07, 6.45) is 0. The minimum atomic E-state index is -1.34. The van der Waals surface area contributed by atoms with Crippen molar-refractivity contribution in [1.82, 2.24) is 5.32 Å². The van der Waals surface area contributed by atoms with Crippen LogP contribution < -0.4 is 15.2 Å². The van der Waals surface area contributed by atoms with Gasteiger partial charge in [-0.15, -0.1) is 0 Å². The monoisotopic (exact) mass is 256 g/mol. The van der Waals surface area contributed by atoms with E-state index in [2.05, 4.69) is 5.32 Å². The number of nitrogens with one attached hydrogen (secondary N) is 1. The van der Waals surface area contributed by atoms with Crippen LogP contribution >= 0.6 is 11.6 Å². The average molecular weight is 257 g/mol. The molecule has 0 aromatic heterocycles. The summed E-state index contributed by atoms with van der Waals surface area (Å²) in [6.45, 7) is 1.05. The van der Waals surface area contributed by atoms with Crippen molar-refractivity contribution in [2.45, 2.75) is 13.0 Å². The molecule has 0 saturated heterocycles. The first-order chi connectivity index (χ1) is 7.99. The molecule has 0 radical (unpaired) electrons. The van der Waals surface area contributed by atoms with Gasteiger partial charge in [-0.2, -0.15) is 0 Å². The lowest BCUT2D eigenvalue weighted by Crippen LogP contribution is -2.47. The highest BCUT2D eigenvalue weighted by Crippen LogP contribution is 2.15. The Bertz CT molecular complexity index is 404. The van der Waals surface area contributed by atoms with Crippen LogP contribution in [0.3, 0.4) is 0 Å². The van der Waals surface area contributed by atoms with Gasteiger partial charge in [0, 0.05) is 5.02 Å². The molecule has 0 saturated carbocycles. The third kappa shape index (κ3) is 4.74. The van der Waals surface area contributed by atoms with Crippen molar-refractivity contribution in [1.29, 1.82) is 0 Å². The molecule has 0 aliphatic carbocycles. The Morgan fingerprint density at radius 3 is 2.53 bits per heavy atom. The van der Waals surface area contributed by atoms with Gasteiger partial charge in [-0.1, -0.05) is 11.6 Å². The first-order valence-corrected chi connectivity index (χ1v) is 5.25. The van der Waals surface area contributed by atoms with Gasteiger partial charge in [0.15, 0.2) is 6.61 Å². The van der Waals surface area contributed by atoms with Gasteiger partial charge in [-0.05, 0) is 31.2 Å². The number of carbonyl (C=O) groups excluding carboxylic acids is 2. The molecule has 92 valence electrons. The van der Waals surface area contributed by atoms with Gasteiger partial charge in [-0.25, -0.2) is 0 Å². The van der Waals surface area contributed by atoms with Crippen molar-refractivity contribution in [3.8, 4) is 5.75 Å². The number of hydrogen-bond acceptors (Lipinski definition) is 4. The molecule has 1 N–H and O–H groups in total. The molecule has 5 nitrogen and oxygen atoms in total. The van der Waals surface area contributed by atoms with Crippen molar-refractivity contribution in [2.24, 2.45) is 0 Å². The normalized spacial score (nSPS) is 11.6. The second-order valence-electron chi connectivity index (χ2n) is 3.35. The highest BCUT2D eigenvalue weighted by atomic mass is 35.5. The van der Waals surface area contributed by atoms with Crippen molar-refractivity contribution in [3.05, 3.63) is 29.3 Å². The van der Waals surface area contributed by atoms with Gasteiger partial charge >= 0.3 is 0 Å². The average Bonchev–Trinajstić information content (AvgIpc) is 2.28. The van der Waals surface area contributed by atoms with Crippen LogP contribution in [0.1, 0.15) is 6.92 Å². The molecule has 0 aliphatic heterocycles. The van der Waals surface area contributed by atoms with Crippen LogP contribution in [0.25, 0.3) is 0 Å². The van der Waals surface area contributed by atoms with E-state index in [4.69, 9.17) is 16.3 Å². The van der Waals surface area contributed by atoms with E-state index >= 15 is 0 Å². The Kier molecular flexibility index (Phi) is 4.78. The van der Waals surface area contributed by atoms with Crippen molar-refractivity contribution < 1.29 is 19.4 Å². The predicted molar refractivity (Wildman–Crippen MR) is 59.6 cm³/mol. The molecule has 0 unspecified atom stereocenters. The molecule has 0 aliphatic rings. The minimum Gasteiger partial charge on any atom is -0.548 e. The lowest BCUT2D eigenvalue weighted by molar-refractivity contribution is -0.307. The molecule has 0 fully saturated rings. The van der Waals surface area contributed by atoms with Crippen LogP contribution in [0.5, 0.6) is 5.75 Å². The van der Waals surface area contributed by atoms with E-state index in [0.29, 0.717) is 10.8 Å². The van der Waals surface area contributed by atoms with Gasteiger partial charge in [0.25, 0.3) is 5.91 Å². The third-order valence-electron chi connectivity index (χ3n) is 1.91. The molecule has 17 heavy (non-hydrogen) atoms. The van der Waals surface area contributed by atoms with Crippen molar-refractivity contribution in [3.63, 3.8) is 0 Å². The fraction of sp³-hybridized carbons (Fsp3) is 0.273. The standard InChI is InChI=1S/C11H12ClNO4/c1-7(11(15)16)13-10(14)6-17-9-4-2-8(12)3-5-9/h2-5,7H,6H2,1H3,(H,13,14)(H,15,16)/p-1/t7-/m1/s1.